The van der Waals surface area contributed by atoms with Gasteiger partial charge < -0.3 is 19.7 Å². The van der Waals surface area contributed by atoms with E-state index in [-0.39, 0.29) is 30.8 Å². The number of halogens is 1. The van der Waals surface area contributed by atoms with Crippen molar-refractivity contribution >= 4 is 23.4 Å². The van der Waals surface area contributed by atoms with Crippen LogP contribution < -0.4 is 14.8 Å². The Morgan fingerprint density at radius 3 is 2.48 bits per heavy atom. The molecule has 0 fully saturated rings. The Morgan fingerprint density at radius 2 is 1.79 bits per heavy atom. The fourth-order valence-electron chi connectivity index (χ4n) is 3.81. The lowest BCUT2D eigenvalue weighted by Gasteiger charge is -2.32. The number of ether oxygens (including phenoxy) is 2. The van der Waals surface area contributed by atoms with E-state index in [1.165, 1.54) is 0 Å². The number of nitrogens with zero attached hydrogens (tertiary/aromatic N) is 1. The molecule has 2 aromatic carbocycles. The van der Waals surface area contributed by atoms with Gasteiger partial charge in [0.2, 0.25) is 11.8 Å². The van der Waals surface area contributed by atoms with Crippen molar-refractivity contribution in [2.75, 3.05) is 13.2 Å². The Labute approximate surface area is 201 Å². The monoisotopic (exact) mass is 472 g/mol. The molecule has 1 aliphatic heterocycles. The van der Waals surface area contributed by atoms with Crippen LogP contribution in [0.4, 0.5) is 0 Å². The SMILES string of the molecule is CC[C@@H](C)NC(=O)[C@@H](CC)N(Cc1ccccc1Cl)C(=O)CCc1ccc2c(c1)OCCO2. The van der Waals surface area contributed by atoms with Crippen molar-refractivity contribution in [1.29, 1.82) is 0 Å². The summed E-state index contributed by atoms with van der Waals surface area (Å²) in [7, 11) is 0. The van der Waals surface area contributed by atoms with E-state index in [4.69, 9.17) is 21.1 Å². The Hall–Kier alpha value is -2.73. The first kappa shape index (κ1) is 24.9. The maximum absolute atomic E-state index is 13.4. The van der Waals surface area contributed by atoms with Crippen molar-refractivity contribution in [3.05, 3.63) is 58.6 Å². The zero-order valence-corrected chi connectivity index (χ0v) is 20.4. The third-order valence-electron chi connectivity index (χ3n) is 5.92. The molecule has 2 aromatic rings. The van der Waals surface area contributed by atoms with E-state index in [0.717, 1.165) is 23.3 Å². The molecule has 3 rings (SSSR count). The number of aryl methyl sites for hydroxylation is 1. The van der Waals surface area contributed by atoms with E-state index in [9.17, 15) is 9.59 Å². The van der Waals surface area contributed by atoms with Gasteiger partial charge in [0.15, 0.2) is 11.5 Å². The van der Waals surface area contributed by atoms with Gasteiger partial charge in [-0.05, 0) is 55.5 Å². The van der Waals surface area contributed by atoms with E-state index in [1.807, 2.05) is 57.2 Å². The summed E-state index contributed by atoms with van der Waals surface area (Å²) < 4.78 is 11.2. The predicted octanol–water partition coefficient (Wildman–Crippen LogP) is 4.77. The Morgan fingerprint density at radius 1 is 1.06 bits per heavy atom. The first-order valence-corrected chi connectivity index (χ1v) is 12.0. The second-order valence-corrected chi connectivity index (χ2v) is 8.74. The van der Waals surface area contributed by atoms with E-state index < -0.39 is 6.04 Å². The standard InChI is InChI=1S/C26H33ClN2O4/c1-4-18(3)28-26(31)22(5-2)29(17-20-8-6-7-9-21(20)27)25(30)13-11-19-10-12-23-24(16-19)33-15-14-32-23/h6-10,12,16,18,22H,4-5,11,13-15,17H2,1-3H3,(H,28,31)/t18-,22-/m1/s1. The molecule has 0 aliphatic carbocycles. The Kier molecular flexibility index (Phi) is 9.01. The number of carbonyl (C=O) groups excluding carboxylic acids is 2. The molecule has 33 heavy (non-hydrogen) atoms. The smallest absolute Gasteiger partial charge is 0.243 e. The number of nitrogens with one attached hydrogen (secondary N) is 1. The summed E-state index contributed by atoms with van der Waals surface area (Å²) >= 11 is 6.38. The molecule has 0 radical (unpaired) electrons. The number of rotatable bonds is 10. The summed E-state index contributed by atoms with van der Waals surface area (Å²) in [6.07, 6.45) is 2.16. The van der Waals surface area contributed by atoms with Gasteiger partial charge >= 0.3 is 0 Å². The Balaban J connectivity index is 1.77. The molecule has 0 aromatic heterocycles. The number of hydrogen-bond donors (Lipinski definition) is 1. The lowest BCUT2D eigenvalue weighted by molar-refractivity contribution is -0.141. The molecular weight excluding hydrogens is 440 g/mol. The van der Waals surface area contributed by atoms with Gasteiger partial charge in [-0.1, -0.05) is 49.7 Å². The molecule has 7 heteroatoms. The highest BCUT2D eigenvalue weighted by Crippen LogP contribution is 2.31. The number of hydrogen-bond acceptors (Lipinski definition) is 4. The number of carbonyl (C=O) groups is 2. The van der Waals surface area contributed by atoms with Gasteiger partial charge in [0, 0.05) is 24.0 Å². The highest BCUT2D eigenvalue weighted by molar-refractivity contribution is 6.31. The third-order valence-corrected chi connectivity index (χ3v) is 6.29. The molecular formula is C26H33ClN2O4. The zero-order chi connectivity index (χ0) is 23.8. The first-order valence-electron chi connectivity index (χ1n) is 11.6. The zero-order valence-electron chi connectivity index (χ0n) is 19.6. The second-order valence-electron chi connectivity index (χ2n) is 8.33. The van der Waals surface area contributed by atoms with Crippen molar-refractivity contribution in [2.24, 2.45) is 0 Å². The number of amides is 2. The van der Waals surface area contributed by atoms with Gasteiger partial charge in [0.1, 0.15) is 19.3 Å². The summed E-state index contributed by atoms with van der Waals surface area (Å²) in [4.78, 5) is 28.1. The first-order chi connectivity index (χ1) is 15.9. The topological polar surface area (TPSA) is 67.9 Å². The maximum atomic E-state index is 13.4. The minimum atomic E-state index is -0.567. The lowest BCUT2D eigenvalue weighted by atomic mass is 10.0. The van der Waals surface area contributed by atoms with Gasteiger partial charge in [-0.3, -0.25) is 9.59 Å². The minimum absolute atomic E-state index is 0.0431. The lowest BCUT2D eigenvalue weighted by Crippen LogP contribution is -2.50. The molecule has 0 saturated heterocycles. The maximum Gasteiger partial charge on any atom is 0.243 e. The van der Waals surface area contributed by atoms with Crippen LogP contribution in [0.1, 0.15) is 51.2 Å². The van der Waals surface area contributed by atoms with E-state index in [1.54, 1.807) is 11.0 Å². The normalized spacial score (nSPS) is 14.3. The van der Waals surface area contributed by atoms with Crippen LogP contribution in [0, 0.1) is 0 Å². The summed E-state index contributed by atoms with van der Waals surface area (Å²) in [5.41, 5.74) is 1.81. The van der Waals surface area contributed by atoms with Crippen LogP contribution in [0.15, 0.2) is 42.5 Å². The molecule has 0 spiro atoms. The van der Waals surface area contributed by atoms with Crippen LogP contribution >= 0.6 is 11.6 Å². The summed E-state index contributed by atoms with van der Waals surface area (Å²) in [6.45, 7) is 7.25. The van der Waals surface area contributed by atoms with Crippen molar-refractivity contribution in [3.63, 3.8) is 0 Å². The highest BCUT2D eigenvalue weighted by Gasteiger charge is 2.29. The van der Waals surface area contributed by atoms with Crippen molar-refractivity contribution < 1.29 is 19.1 Å². The van der Waals surface area contributed by atoms with Crippen molar-refractivity contribution in [3.8, 4) is 11.5 Å². The van der Waals surface area contributed by atoms with Crippen LogP contribution in [-0.4, -0.2) is 42.0 Å². The number of benzene rings is 2. The molecule has 1 aliphatic rings. The Bertz CT molecular complexity index is 965. The molecule has 1 N–H and O–H groups in total. The van der Waals surface area contributed by atoms with Crippen LogP contribution in [-0.2, 0) is 22.6 Å². The second kappa shape index (κ2) is 11.9. The fourth-order valence-corrected chi connectivity index (χ4v) is 4.00. The van der Waals surface area contributed by atoms with Gasteiger partial charge in [-0.2, -0.15) is 0 Å². The van der Waals surface area contributed by atoms with Crippen LogP contribution in [0.3, 0.4) is 0 Å². The summed E-state index contributed by atoms with van der Waals surface area (Å²) in [5.74, 6) is 1.21. The van der Waals surface area contributed by atoms with Gasteiger partial charge in [0.05, 0.1) is 0 Å². The van der Waals surface area contributed by atoms with Crippen LogP contribution in [0.2, 0.25) is 5.02 Å². The molecule has 0 saturated carbocycles. The molecule has 1 heterocycles. The van der Waals surface area contributed by atoms with Gasteiger partial charge in [0.25, 0.3) is 0 Å². The van der Waals surface area contributed by atoms with Gasteiger partial charge in [-0.25, -0.2) is 0 Å². The quantitative estimate of drug-likeness (QED) is 0.541. The average Bonchev–Trinajstić information content (AvgIpc) is 2.83. The number of fused-ring (bicyclic) bond motifs is 1. The largest absolute Gasteiger partial charge is 0.486 e. The van der Waals surface area contributed by atoms with E-state index in [0.29, 0.717) is 36.8 Å². The summed E-state index contributed by atoms with van der Waals surface area (Å²) in [6, 6.07) is 12.7. The van der Waals surface area contributed by atoms with E-state index >= 15 is 0 Å². The van der Waals surface area contributed by atoms with E-state index in [2.05, 4.69) is 5.32 Å². The minimum Gasteiger partial charge on any atom is -0.486 e. The molecule has 178 valence electrons. The highest BCUT2D eigenvalue weighted by atomic mass is 35.5. The molecule has 2 atom stereocenters. The molecule has 2 amide bonds. The van der Waals surface area contributed by atoms with Crippen molar-refractivity contribution in [1.82, 2.24) is 10.2 Å². The predicted molar refractivity (Wildman–Crippen MR) is 130 cm³/mol. The molecule has 0 bridgehead atoms. The molecule has 0 unspecified atom stereocenters. The van der Waals surface area contributed by atoms with Gasteiger partial charge in [-0.15, -0.1) is 0 Å². The van der Waals surface area contributed by atoms with Crippen molar-refractivity contribution in [2.45, 2.75) is 65.1 Å². The summed E-state index contributed by atoms with van der Waals surface area (Å²) in [5, 5.41) is 3.61. The van der Waals surface area contributed by atoms with Crippen LogP contribution in [0.5, 0.6) is 11.5 Å². The average molecular weight is 473 g/mol. The third kappa shape index (κ3) is 6.64. The fraction of sp³-hybridized carbons (Fsp3) is 0.462. The molecule has 6 nitrogen and oxygen atoms in total. The van der Waals surface area contributed by atoms with Crippen LogP contribution in [0.25, 0.3) is 0 Å².